The van der Waals surface area contributed by atoms with E-state index in [0.717, 1.165) is 17.5 Å². The summed E-state index contributed by atoms with van der Waals surface area (Å²) in [4.78, 5) is 20.0. The average molecular weight is 409 g/mol. The van der Waals surface area contributed by atoms with Crippen LogP contribution in [-0.2, 0) is 22.5 Å². The summed E-state index contributed by atoms with van der Waals surface area (Å²) in [7, 11) is 1.56. The van der Waals surface area contributed by atoms with E-state index >= 15 is 0 Å². The number of hydrogen-bond acceptors (Lipinski definition) is 4. The van der Waals surface area contributed by atoms with Crippen molar-refractivity contribution < 1.29 is 18.7 Å². The monoisotopic (exact) mass is 409 g/mol. The quantitative estimate of drug-likeness (QED) is 0.625. The Morgan fingerprint density at radius 2 is 2.13 bits per heavy atom. The first kappa shape index (κ1) is 20.1. The summed E-state index contributed by atoms with van der Waals surface area (Å²) in [6, 6.07) is 12.2. The Kier molecular flexibility index (Phi) is 5.81. The first-order chi connectivity index (χ1) is 14.6. The molecular weight excluding hydrogens is 385 g/mol. The van der Waals surface area contributed by atoms with Crippen LogP contribution in [0.1, 0.15) is 24.2 Å². The van der Waals surface area contributed by atoms with Gasteiger partial charge in [0.2, 0.25) is 0 Å². The van der Waals surface area contributed by atoms with E-state index in [9.17, 15) is 9.18 Å². The van der Waals surface area contributed by atoms with Gasteiger partial charge in [-0.05, 0) is 42.2 Å². The smallest absolute Gasteiger partial charge is 0.252 e. The van der Waals surface area contributed by atoms with Gasteiger partial charge in [0, 0.05) is 31.0 Å². The fraction of sp³-hybridized carbons (Fsp3) is 0.304. The molecule has 7 heteroatoms. The molecule has 0 unspecified atom stereocenters. The minimum absolute atomic E-state index is 0.132. The number of nitrogens with one attached hydrogen (secondary N) is 2. The topological polar surface area (TPSA) is 76.2 Å². The van der Waals surface area contributed by atoms with E-state index in [2.05, 4.69) is 15.3 Å². The minimum atomic E-state index is -0.884. The van der Waals surface area contributed by atoms with Gasteiger partial charge in [-0.2, -0.15) is 0 Å². The van der Waals surface area contributed by atoms with Crippen LogP contribution < -0.4 is 10.1 Å². The molecule has 2 N–H and O–H groups in total. The maximum absolute atomic E-state index is 13.7. The molecule has 0 spiro atoms. The highest BCUT2D eigenvalue weighted by atomic mass is 19.1. The lowest BCUT2D eigenvalue weighted by molar-refractivity contribution is -0.141. The Bertz CT molecular complexity index is 997. The first-order valence-electron chi connectivity index (χ1n) is 9.93. The summed E-state index contributed by atoms with van der Waals surface area (Å²) in [6.45, 7) is 0.891. The van der Waals surface area contributed by atoms with Crippen LogP contribution in [0.15, 0.2) is 54.9 Å². The normalized spacial score (nSPS) is 18.3. The fourth-order valence-electron chi connectivity index (χ4n) is 3.85. The number of rotatable bonds is 7. The van der Waals surface area contributed by atoms with E-state index in [-0.39, 0.29) is 11.7 Å². The van der Waals surface area contributed by atoms with Gasteiger partial charge in [-0.1, -0.05) is 24.3 Å². The molecule has 1 aliphatic heterocycles. The molecule has 1 aliphatic rings. The standard InChI is InChI=1S/C23H24FN3O3/c1-29-20-8-7-18(24)13-19(20)17-5-3-16(4-6-17)14-23(9-2-12-30-23)22(28)27-15-21-25-10-11-26-21/h3-8,10-11,13H,2,9,12,14-15H2,1H3,(H,25,26)(H,27,28)/t23-/m1/s1. The van der Waals surface area contributed by atoms with Crippen LogP contribution in [0, 0.1) is 5.82 Å². The van der Waals surface area contributed by atoms with Gasteiger partial charge in [-0.3, -0.25) is 4.79 Å². The number of carbonyl (C=O) groups excluding carboxylic acids is 1. The number of amides is 1. The number of nitrogens with zero attached hydrogens (tertiary/aromatic N) is 1. The summed E-state index contributed by atoms with van der Waals surface area (Å²) in [5.74, 6) is 0.857. The molecule has 0 radical (unpaired) electrons. The Hall–Kier alpha value is -3.19. The molecule has 1 saturated heterocycles. The van der Waals surface area contributed by atoms with Crippen molar-refractivity contribution in [1.29, 1.82) is 0 Å². The van der Waals surface area contributed by atoms with Crippen LogP contribution in [0.3, 0.4) is 0 Å². The maximum atomic E-state index is 13.7. The SMILES string of the molecule is COc1ccc(F)cc1-c1ccc(C[C@@]2(C(=O)NCc3ncc[nH]3)CCCO2)cc1. The molecule has 3 aromatic rings. The second-order valence-corrected chi connectivity index (χ2v) is 7.38. The van der Waals surface area contributed by atoms with Crippen molar-refractivity contribution in [2.45, 2.75) is 31.4 Å². The third kappa shape index (κ3) is 4.21. The van der Waals surface area contributed by atoms with E-state index in [0.29, 0.717) is 43.1 Å². The minimum Gasteiger partial charge on any atom is -0.496 e. The van der Waals surface area contributed by atoms with Crippen molar-refractivity contribution >= 4 is 5.91 Å². The van der Waals surface area contributed by atoms with Gasteiger partial charge in [0.05, 0.1) is 13.7 Å². The van der Waals surface area contributed by atoms with Crippen LogP contribution in [0.2, 0.25) is 0 Å². The van der Waals surface area contributed by atoms with Crippen LogP contribution in [0.5, 0.6) is 5.75 Å². The largest absolute Gasteiger partial charge is 0.496 e. The first-order valence-corrected chi connectivity index (χ1v) is 9.93. The fourth-order valence-corrected chi connectivity index (χ4v) is 3.85. The van der Waals surface area contributed by atoms with Crippen molar-refractivity contribution in [2.75, 3.05) is 13.7 Å². The number of ether oxygens (including phenoxy) is 2. The molecule has 156 valence electrons. The van der Waals surface area contributed by atoms with E-state index in [4.69, 9.17) is 9.47 Å². The molecule has 1 atom stereocenters. The Balaban J connectivity index is 1.50. The van der Waals surface area contributed by atoms with Crippen LogP contribution >= 0.6 is 0 Å². The number of halogens is 1. The highest BCUT2D eigenvalue weighted by Gasteiger charge is 2.42. The number of H-pyrrole nitrogens is 1. The molecule has 1 amide bonds. The lowest BCUT2D eigenvalue weighted by Gasteiger charge is -2.27. The van der Waals surface area contributed by atoms with Crippen molar-refractivity contribution in [3.05, 3.63) is 72.1 Å². The summed E-state index contributed by atoms with van der Waals surface area (Å²) in [5, 5.41) is 2.93. The van der Waals surface area contributed by atoms with Gasteiger partial charge in [0.25, 0.3) is 5.91 Å². The lowest BCUT2D eigenvalue weighted by atomic mass is 9.89. The molecule has 0 aliphatic carbocycles. The van der Waals surface area contributed by atoms with Crippen LogP contribution in [0.4, 0.5) is 4.39 Å². The molecule has 1 aromatic heterocycles. The Morgan fingerprint density at radius 1 is 1.30 bits per heavy atom. The maximum Gasteiger partial charge on any atom is 0.252 e. The third-order valence-electron chi connectivity index (χ3n) is 5.40. The molecule has 4 rings (SSSR count). The number of hydrogen-bond donors (Lipinski definition) is 2. The van der Waals surface area contributed by atoms with E-state index in [1.807, 2.05) is 24.3 Å². The van der Waals surface area contributed by atoms with Gasteiger partial charge in [0.1, 0.15) is 17.4 Å². The Morgan fingerprint density at radius 3 is 2.80 bits per heavy atom. The number of aromatic amines is 1. The second-order valence-electron chi connectivity index (χ2n) is 7.38. The highest BCUT2D eigenvalue weighted by Crippen LogP contribution is 2.33. The molecular formula is C23H24FN3O3. The predicted molar refractivity (Wildman–Crippen MR) is 110 cm³/mol. The van der Waals surface area contributed by atoms with Gasteiger partial charge >= 0.3 is 0 Å². The number of carbonyl (C=O) groups is 1. The molecule has 2 aromatic carbocycles. The second kappa shape index (κ2) is 8.67. The number of aromatic nitrogens is 2. The zero-order valence-corrected chi connectivity index (χ0v) is 16.8. The summed E-state index contributed by atoms with van der Waals surface area (Å²) < 4.78 is 25.0. The predicted octanol–water partition coefficient (Wildman–Crippen LogP) is 3.63. The van der Waals surface area contributed by atoms with Gasteiger partial charge in [-0.15, -0.1) is 0 Å². The molecule has 2 heterocycles. The molecule has 1 fully saturated rings. The van der Waals surface area contributed by atoms with E-state index < -0.39 is 5.60 Å². The lowest BCUT2D eigenvalue weighted by Crippen LogP contribution is -2.47. The summed E-state index contributed by atoms with van der Waals surface area (Å²) in [5.41, 5.74) is 1.62. The third-order valence-corrected chi connectivity index (χ3v) is 5.40. The molecule has 0 saturated carbocycles. The summed E-state index contributed by atoms with van der Waals surface area (Å²) >= 11 is 0. The molecule has 0 bridgehead atoms. The van der Waals surface area contributed by atoms with Crippen LogP contribution in [-0.4, -0.2) is 35.2 Å². The number of methoxy groups -OCH3 is 1. The van der Waals surface area contributed by atoms with Crippen molar-refractivity contribution in [2.24, 2.45) is 0 Å². The van der Waals surface area contributed by atoms with Crippen molar-refractivity contribution in [3.63, 3.8) is 0 Å². The van der Waals surface area contributed by atoms with Crippen molar-refractivity contribution in [1.82, 2.24) is 15.3 Å². The van der Waals surface area contributed by atoms with Gasteiger partial charge < -0.3 is 19.8 Å². The zero-order valence-electron chi connectivity index (χ0n) is 16.8. The van der Waals surface area contributed by atoms with Gasteiger partial charge in [-0.25, -0.2) is 9.37 Å². The number of benzene rings is 2. The summed E-state index contributed by atoms with van der Waals surface area (Å²) in [6.07, 6.45) is 5.34. The van der Waals surface area contributed by atoms with E-state index in [1.165, 1.54) is 12.1 Å². The highest BCUT2D eigenvalue weighted by molar-refractivity contribution is 5.86. The van der Waals surface area contributed by atoms with Crippen LogP contribution in [0.25, 0.3) is 11.1 Å². The number of imidazole rings is 1. The zero-order chi connectivity index (χ0) is 21.0. The van der Waals surface area contributed by atoms with Crippen molar-refractivity contribution in [3.8, 4) is 16.9 Å². The van der Waals surface area contributed by atoms with Gasteiger partial charge in [0.15, 0.2) is 5.60 Å². The average Bonchev–Trinajstić information content (AvgIpc) is 3.45. The Labute approximate surface area is 174 Å². The molecule has 6 nitrogen and oxygen atoms in total. The molecule has 30 heavy (non-hydrogen) atoms. The van der Waals surface area contributed by atoms with E-state index in [1.54, 1.807) is 25.6 Å².